The largest absolute Gasteiger partial charge is 0.368 e. The molecule has 1 fully saturated rings. The smallest absolute Gasteiger partial charge is 0.236 e. The third kappa shape index (κ3) is 4.61. The van der Waals surface area contributed by atoms with Gasteiger partial charge in [0.05, 0.1) is 6.54 Å². The van der Waals surface area contributed by atoms with Crippen molar-refractivity contribution in [1.29, 1.82) is 0 Å². The lowest BCUT2D eigenvalue weighted by molar-refractivity contribution is -0.125. The van der Waals surface area contributed by atoms with Gasteiger partial charge in [-0.15, -0.1) is 0 Å². The van der Waals surface area contributed by atoms with E-state index in [4.69, 9.17) is 11.5 Å². The zero-order valence-corrected chi connectivity index (χ0v) is 9.58. The average molecular weight is 227 g/mol. The minimum absolute atomic E-state index is 0.0897. The van der Waals surface area contributed by atoms with Crippen LogP contribution in [0.5, 0.6) is 0 Å². The Balaban J connectivity index is 2.23. The van der Waals surface area contributed by atoms with Crippen molar-refractivity contribution in [3.8, 4) is 0 Å². The van der Waals surface area contributed by atoms with Crippen molar-refractivity contribution in [2.75, 3.05) is 6.54 Å². The molecule has 92 valence electrons. The van der Waals surface area contributed by atoms with E-state index >= 15 is 0 Å². The molecule has 1 aliphatic rings. The van der Waals surface area contributed by atoms with E-state index in [1.807, 2.05) is 0 Å². The van der Waals surface area contributed by atoms with Crippen LogP contribution in [0.3, 0.4) is 0 Å². The quantitative estimate of drug-likeness (QED) is 0.611. The fourth-order valence-electron chi connectivity index (χ4n) is 2.20. The van der Waals surface area contributed by atoms with E-state index in [1.54, 1.807) is 0 Å². The molecule has 0 bridgehead atoms. The summed E-state index contributed by atoms with van der Waals surface area (Å²) in [5, 5.41) is 2.46. The van der Waals surface area contributed by atoms with Gasteiger partial charge in [-0.1, -0.05) is 19.3 Å². The summed E-state index contributed by atoms with van der Waals surface area (Å²) in [6.07, 6.45) is 6.21. The van der Waals surface area contributed by atoms with Crippen molar-refractivity contribution in [2.24, 2.45) is 17.4 Å². The molecule has 0 spiro atoms. The van der Waals surface area contributed by atoms with Crippen LogP contribution in [0.4, 0.5) is 0 Å². The molecular formula is C11H21N3O2. The molecule has 0 aliphatic heterocycles. The maximum Gasteiger partial charge on any atom is 0.236 e. The molecule has 5 heteroatoms. The third-order valence-corrected chi connectivity index (χ3v) is 3.14. The minimum atomic E-state index is -0.528. The standard InChI is InChI=1S/C11H21N3O2/c12-9(8-4-2-1-3-5-8)6-11(16)14-7-10(13)15/h8-9H,1-7,12H2,(H2,13,15)(H,14,16). The zero-order chi connectivity index (χ0) is 12.0. The fraction of sp³-hybridized carbons (Fsp3) is 0.818. The Labute approximate surface area is 95.9 Å². The van der Waals surface area contributed by atoms with Crippen LogP contribution in [-0.2, 0) is 9.59 Å². The summed E-state index contributed by atoms with van der Waals surface area (Å²) >= 11 is 0. The molecule has 0 aromatic rings. The van der Waals surface area contributed by atoms with E-state index in [9.17, 15) is 9.59 Å². The molecule has 5 nitrogen and oxygen atoms in total. The van der Waals surface area contributed by atoms with Crippen LogP contribution >= 0.6 is 0 Å². The van der Waals surface area contributed by atoms with Crippen LogP contribution in [0, 0.1) is 5.92 Å². The van der Waals surface area contributed by atoms with Gasteiger partial charge in [0.15, 0.2) is 0 Å². The van der Waals surface area contributed by atoms with Crippen molar-refractivity contribution in [1.82, 2.24) is 5.32 Å². The number of hydrogen-bond donors (Lipinski definition) is 3. The van der Waals surface area contributed by atoms with Gasteiger partial charge in [-0.05, 0) is 18.8 Å². The highest BCUT2D eigenvalue weighted by Crippen LogP contribution is 2.26. The first-order valence-electron chi connectivity index (χ1n) is 5.90. The number of primary amides is 1. The van der Waals surface area contributed by atoms with Crippen molar-refractivity contribution in [3.05, 3.63) is 0 Å². The number of amides is 2. The Hall–Kier alpha value is -1.10. The lowest BCUT2D eigenvalue weighted by Gasteiger charge is -2.26. The Bertz CT molecular complexity index is 250. The van der Waals surface area contributed by atoms with Gasteiger partial charge in [0, 0.05) is 12.5 Å². The second-order valence-corrected chi connectivity index (χ2v) is 4.51. The van der Waals surface area contributed by atoms with Gasteiger partial charge < -0.3 is 16.8 Å². The number of carbonyl (C=O) groups is 2. The second-order valence-electron chi connectivity index (χ2n) is 4.51. The van der Waals surface area contributed by atoms with Crippen molar-refractivity contribution in [2.45, 2.75) is 44.6 Å². The molecule has 2 amide bonds. The van der Waals surface area contributed by atoms with Crippen molar-refractivity contribution >= 4 is 11.8 Å². The van der Waals surface area contributed by atoms with Gasteiger partial charge in [0.1, 0.15) is 0 Å². The number of carbonyl (C=O) groups excluding carboxylic acids is 2. The Morgan fingerprint density at radius 2 is 1.88 bits per heavy atom. The van der Waals surface area contributed by atoms with Gasteiger partial charge in [-0.25, -0.2) is 0 Å². The molecule has 5 N–H and O–H groups in total. The van der Waals surface area contributed by atoms with Crippen LogP contribution in [0.2, 0.25) is 0 Å². The molecule has 1 aliphatic carbocycles. The predicted molar refractivity (Wildman–Crippen MR) is 61.4 cm³/mol. The third-order valence-electron chi connectivity index (χ3n) is 3.14. The molecule has 0 heterocycles. The van der Waals surface area contributed by atoms with Gasteiger partial charge in [0.25, 0.3) is 0 Å². The van der Waals surface area contributed by atoms with Crippen LogP contribution in [0.1, 0.15) is 38.5 Å². The molecule has 0 aromatic heterocycles. The van der Waals surface area contributed by atoms with E-state index in [2.05, 4.69) is 5.32 Å². The van der Waals surface area contributed by atoms with E-state index in [0.29, 0.717) is 5.92 Å². The number of nitrogens with one attached hydrogen (secondary N) is 1. The monoisotopic (exact) mass is 227 g/mol. The van der Waals surface area contributed by atoms with Gasteiger partial charge >= 0.3 is 0 Å². The first-order chi connectivity index (χ1) is 7.59. The highest BCUT2D eigenvalue weighted by molar-refractivity contribution is 5.83. The SMILES string of the molecule is NC(=O)CNC(=O)CC(N)C1CCCCC1. The molecule has 0 saturated heterocycles. The Morgan fingerprint density at radius 1 is 1.25 bits per heavy atom. The Kier molecular flexibility index (Phi) is 5.25. The highest BCUT2D eigenvalue weighted by Gasteiger charge is 2.22. The van der Waals surface area contributed by atoms with E-state index in [0.717, 1.165) is 12.8 Å². The van der Waals surface area contributed by atoms with Gasteiger partial charge in [-0.3, -0.25) is 9.59 Å². The van der Waals surface area contributed by atoms with Crippen LogP contribution in [0.15, 0.2) is 0 Å². The second kappa shape index (κ2) is 6.48. The molecule has 16 heavy (non-hydrogen) atoms. The minimum Gasteiger partial charge on any atom is -0.368 e. The fourth-order valence-corrected chi connectivity index (χ4v) is 2.20. The number of nitrogens with two attached hydrogens (primary N) is 2. The van der Waals surface area contributed by atoms with Crippen LogP contribution in [-0.4, -0.2) is 24.4 Å². The molecule has 0 aromatic carbocycles. The summed E-state index contributed by atoms with van der Waals surface area (Å²) in [5.74, 6) is -0.260. The normalized spacial score (nSPS) is 19.1. The van der Waals surface area contributed by atoms with Crippen molar-refractivity contribution < 1.29 is 9.59 Å². The van der Waals surface area contributed by atoms with Crippen molar-refractivity contribution in [3.63, 3.8) is 0 Å². The lowest BCUT2D eigenvalue weighted by atomic mass is 9.83. The predicted octanol–water partition coefficient (Wildman–Crippen LogP) is -0.114. The van der Waals surface area contributed by atoms with E-state index in [-0.39, 0.29) is 24.9 Å². The zero-order valence-electron chi connectivity index (χ0n) is 9.58. The summed E-state index contributed by atoms with van der Waals surface area (Å²) in [6.45, 7) is -0.101. The highest BCUT2D eigenvalue weighted by atomic mass is 16.2. The summed E-state index contributed by atoms with van der Waals surface area (Å²) < 4.78 is 0. The van der Waals surface area contributed by atoms with E-state index in [1.165, 1.54) is 19.3 Å². The molecule has 1 rings (SSSR count). The lowest BCUT2D eigenvalue weighted by Crippen LogP contribution is -2.40. The van der Waals surface area contributed by atoms with Gasteiger partial charge in [0.2, 0.25) is 11.8 Å². The molecule has 0 radical (unpaired) electrons. The molecular weight excluding hydrogens is 206 g/mol. The van der Waals surface area contributed by atoms with E-state index < -0.39 is 5.91 Å². The average Bonchev–Trinajstić information content (AvgIpc) is 2.27. The van der Waals surface area contributed by atoms with Crippen LogP contribution in [0.25, 0.3) is 0 Å². The first-order valence-corrected chi connectivity index (χ1v) is 5.90. The first kappa shape index (κ1) is 13.0. The van der Waals surface area contributed by atoms with Crippen LogP contribution < -0.4 is 16.8 Å². The molecule has 1 saturated carbocycles. The Morgan fingerprint density at radius 3 is 2.44 bits per heavy atom. The summed E-state index contributed by atoms with van der Waals surface area (Å²) in [4.78, 5) is 21.9. The number of hydrogen-bond acceptors (Lipinski definition) is 3. The summed E-state index contributed by atoms with van der Waals surface area (Å²) in [5.41, 5.74) is 10.9. The maximum absolute atomic E-state index is 11.4. The summed E-state index contributed by atoms with van der Waals surface area (Å²) in [7, 11) is 0. The maximum atomic E-state index is 11.4. The topological polar surface area (TPSA) is 98.2 Å². The molecule has 1 unspecified atom stereocenters. The molecule has 1 atom stereocenters. The van der Waals surface area contributed by atoms with Gasteiger partial charge in [-0.2, -0.15) is 0 Å². The number of rotatable bonds is 5. The summed E-state index contributed by atoms with van der Waals surface area (Å²) in [6, 6.07) is -0.0897.